The quantitative estimate of drug-likeness (QED) is 0.331. The van der Waals surface area contributed by atoms with Crippen molar-refractivity contribution < 1.29 is 18.0 Å². The van der Waals surface area contributed by atoms with Gasteiger partial charge < -0.3 is 10.2 Å². The Kier molecular flexibility index (Phi) is 10.2. The summed E-state index contributed by atoms with van der Waals surface area (Å²) < 4.78 is 28.7. The van der Waals surface area contributed by atoms with Gasteiger partial charge in [0.1, 0.15) is 12.6 Å². The lowest BCUT2D eigenvalue weighted by Gasteiger charge is -2.32. The summed E-state index contributed by atoms with van der Waals surface area (Å²) in [5, 5.41) is 3.27. The average Bonchev–Trinajstić information content (AvgIpc) is 2.90. The molecule has 0 aliphatic carbocycles. The molecule has 39 heavy (non-hydrogen) atoms. The van der Waals surface area contributed by atoms with E-state index in [1.165, 1.54) is 23.1 Å². The molecule has 0 radical (unpaired) electrons. The number of amides is 2. The first-order valence-corrected chi connectivity index (χ1v) is 14.7. The molecule has 0 bridgehead atoms. The van der Waals surface area contributed by atoms with E-state index in [0.29, 0.717) is 5.02 Å². The highest BCUT2D eigenvalue weighted by Crippen LogP contribution is 2.27. The third-order valence-electron chi connectivity index (χ3n) is 6.75. The predicted octanol–water partition coefficient (Wildman–Crippen LogP) is 5.48. The molecule has 3 rings (SSSR count). The molecule has 0 unspecified atom stereocenters. The minimum atomic E-state index is -4.14. The van der Waals surface area contributed by atoms with E-state index in [4.69, 9.17) is 11.6 Å². The van der Waals surface area contributed by atoms with Crippen molar-refractivity contribution in [2.24, 2.45) is 0 Å². The van der Waals surface area contributed by atoms with E-state index in [-0.39, 0.29) is 29.1 Å². The Bertz CT molecular complexity index is 1410. The Hall–Kier alpha value is -3.36. The van der Waals surface area contributed by atoms with Crippen LogP contribution in [0.3, 0.4) is 0 Å². The molecular weight excluding hydrogens is 534 g/mol. The third kappa shape index (κ3) is 7.61. The van der Waals surface area contributed by atoms with E-state index in [1.54, 1.807) is 37.3 Å². The fourth-order valence-electron chi connectivity index (χ4n) is 4.02. The van der Waals surface area contributed by atoms with Crippen LogP contribution in [0, 0.1) is 13.8 Å². The monoisotopic (exact) mass is 569 g/mol. The van der Waals surface area contributed by atoms with Crippen LogP contribution in [-0.4, -0.2) is 43.8 Å². The second-order valence-electron chi connectivity index (χ2n) is 9.75. The van der Waals surface area contributed by atoms with Crippen LogP contribution in [0.1, 0.15) is 43.9 Å². The number of aryl methyl sites for hydroxylation is 2. The molecule has 3 aromatic rings. The molecule has 9 heteroatoms. The number of rotatable bonds is 11. The van der Waals surface area contributed by atoms with Crippen molar-refractivity contribution >= 4 is 39.1 Å². The van der Waals surface area contributed by atoms with Crippen molar-refractivity contribution in [3.05, 3.63) is 94.5 Å². The summed E-state index contributed by atoms with van der Waals surface area (Å²) in [6, 6.07) is 19.5. The molecular formula is C30H36ClN3O4S. The first-order chi connectivity index (χ1) is 18.4. The Morgan fingerprint density at radius 1 is 0.949 bits per heavy atom. The van der Waals surface area contributed by atoms with Crippen LogP contribution in [0.2, 0.25) is 5.02 Å². The number of hydrogen-bond acceptors (Lipinski definition) is 4. The van der Waals surface area contributed by atoms with Gasteiger partial charge in [-0.1, -0.05) is 66.6 Å². The molecule has 2 atom stereocenters. The number of sulfonamides is 1. The number of halogens is 1. The minimum Gasteiger partial charge on any atom is -0.352 e. The molecule has 7 nitrogen and oxygen atoms in total. The minimum absolute atomic E-state index is 0.0499. The number of nitrogens with one attached hydrogen (secondary N) is 1. The summed E-state index contributed by atoms with van der Waals surface area (Å²) in [4.78, 5) is 28.6. The molecule has 0 aliphatic rings. The number of carbonyl (C=O) groups excluding carboxylic acids is 2. The van der Waals surface area contributed by atoms with Crippen molar-refractivity contribution in [2.45, 2.75) is 64.6 Å². The van der Waals surface area contributed by atoms with Gasteiger partial charge in [-0.25, -0.2) is 8.42 Å². The molecule has 0 fully saturated rings. The van der Waals surface area contributed by atoms with Gasteiger partial charge in [0.25, 0.3) is 10.0 Å². The maximum atomic E-state index is 14.0. The largest absolute Gasteiger partial charge is 0.352 e. The van der Waals surface area contributed by atoms with Crippen LogP contribution in [0.15, 0.2) is 77.7 Å². The Morgan fingerprint density at radius 3 is 2.23 bits per heavy atom. The van der Waals surface area contributed by atoms with Crippen LogP contribution >= 0.6 is 11.6 Å². The smallest absolute Gasteiger partial charge is 0.264 e. The number of carbonyl (C=O) groups is 2. The van der Waals surface area contributed by atoms with Gasteiger partial charge in [0.05, 0.1) is 10.6 Å². The Balaban J connectivity index is 2.04. The van der Waals surface area contributed by atoms with E-state index >= 15 is 0 Å². The lowest BCUT2D eigenvalue weighted by molar-refractivity contribution is -0.139. The lowest BCUT2D eigenvalue weighted by atomic mass is 10.1. The first kappa shape index (κ1) is 30.2. The SMILES string of the molecule is CC[C@@H](C)NC(=O)[C@@H](C)N(Cc1ccccc1C)C(=O)CN(c1cccc(Cl)c1)S(=O)(=O)c1ccc(C)cc1. The fraction of sp³-hybridized carbons (Fsp3) is 0.333. The third-order valence-corrected chi connectivity index (χ3v) is 8.78. The first-order valence-electron chi connectivity index (χ1n) is 12.9. The molecule has 0 heterocycles. The molecule has 0 saturated heterocycles. The molecule has 0 aliphatic heterocycles. The standard InChI is InChI=1S/C30H36ClN3O4S/c1-6-23(4)32-30(36)24(5)33(19-25-11-8-7-10-22(25)3)29(35)20-34(27-13-9-12-26(31)18-27)39(37,38)28-16-14-21(2)15-17-28/h7-18,23-24H,6,19-20H2,1-5H3,(H,32,36)/t23-,24-/m1/s1. The van der Waals surface area contributed by atoms with Crippen LogP contribution < -0.4 is 9.62 Å². The van der Waals surface area contributed by atoms with Gasteiger partial charge in [0.15, 0.2) is 0 Å². The zero-order chi connectivity index (χ0) is 28.7. The number of hydrogen-bond donors (Lipinski definition) is 1. The molecule has 3 aromatic carbocycles. The summed E-state index contributed by atoms with van der Waals surface area (Å²) in [5.74, 6) is -0.817. The number of nitrogens with zero attached hydrogens (tertiary/aromatic N) is 2. The lowest BCUT2D eigenvalue weighted by Crippen LogP contribution is -2.52. The number of anilines is 1. The summed E-state index contributed by atoms with van der Waals surface area (Å²) in [6.45, 7) is 8.95. The zero-order valence-electron chi connectivity index (χ0n) is 23.0. The molecule has 0 spiro atoms. The van der Waals surface area contributed by atoms with Crippen molar-refractivity contribution in [3.63, 3.8) is 0 Å². The Labute approximate surface area is 236 Å². The van der Waals surface area contributed by atoms with Gasteiger partial charge in [0, 0.05) is 17.6 Å². The highest BCUT2D eigenvalue weighted by atomic mass is 35.5. The molecule has 208 valence electrons. The van der Waals surface area contributed by atoms with Crippen molar-refractivity contribution in [3.8, 4) is 0 Å². The van der Waals surface area contributed by atoms with Gasteiger partial charge in [0.2, 0.25) is 11.8 Å². The Morgan fingerprint density at radius 2 is 1.62 bits per heavy atom. The van der Waals surface area contributed by atoms with Crippen LogP contribution in [0.25, 0.3) is 0 Å². The summed E-state index contributed by atoms with van der Waals surface area (Å²) in [7, 11) is -4.14. The maximum Gasteiger partial charge on any atom is 0.264 e. The van der Waals surface area contributed by atoms with Crippen molar-refractivity contribution in [1.82, 2.24) is 10.2 Å². The highest BCUT2D eigenvalue weighted by Gasteiger charge is 2.33. The van der Waals surface area contributed by atoms with Crippen LogP contribution in [0.4, 0.5) is 5.69 Å². The van der Waals surface area contributed by atoms with E-state index in [2.05, 4.69) is 5.32 Å². The molecule has 0 saturated carbocycles. The fourth-order valence-corrected chi connectivity index (χ4v) is 5.61. The normalized spacial score (nSPS) is 12.9. The highest BCUT2D eigenvalue weighted by molar-refractivity contribution is 7.92. The molecule has 0 aromatic heterocycles. The summed E-state index contributed by atoms with van der Waals surface area (Å²) >= 11 is 6.21. The van der Waals surface area contributed by atoms with E-state index in [0.717, 1.165) is 27.4 Å². The maximum absolute atomic E-state index is 14.0. The second kappa shape index (κ2) is 13.1. The molecule has 1 N–H and O–H groups in total. The van der Waals surface area contributed by atoms with E-state index in [1.807, 2.05) is 52.0 Å². The summed E-state index contributed by atoms with van der Waals surface area (Å²) in [6.07, 6.45) is 0.738. The molecule has 2 amide bonds. The van der Waals surface area contributed by atoms with Gasteiger partial charge in [-0.3, -0.25) is 13.9 Å². The van der Waals surface area contributed by atoms with Crippen molar-refractivity contribution in [1.29, 1.82) is 0 Å². The summed E-state index contributed by atoms with van der Waals surface area (Å²) in [5.41, 5.74) is 2.99. The van der Waals surface area contributed by atoms with Gasteiger partial charge >= 0.3 is 0 Å². The van der Waals surface area contributed by atoms with Crippen LogP contribution in [0.5, 0.6) is 0 Å². The van der Waals surface area contributed by atoms with Gasteiger partial charge in [-0.2, -0.15) is 0 Å². The van der Waals surface area contributed by atoms with Crippen LogP contribution in [-0.2, 0) is 26.2 Å². The van der Waals surface area contributed by atoms with E-state index < -0.39 is 28.5 Å². The van der Waals surface area contributed by atoms with Crippen molar-refractivity contribution in [2.75, 3.05) is 10.8 Å². The van der Waals surface area contributed by atoms with Gasteiger partial charge in [-0.05, 0) is 75.6 Å². The second-order valence-corrected chi connectivity index (χ2v) is 12.0. The predicted molar refractivity (Wildman–Crippen MR) is 156 cm³/mol. The number of benzene rings is 3. The van der Waals surface area contributed by atoms with Gasteiger partial charge in [-0.15, -0.1) is 0 Å². The van der Waals surface area contributed by atoms with E-state index in [9.17, 15) is 18.0 Å². The topological polar surface area (TPSA) is 86.8 Å². The average molecular weight is 570 g/mol. The zero-order valence-corrected chi connectivity index (χ0v) is 24.6.